The lowest BCUT2D eigenvalue weighted by atomic mass is 10.3. The minimum atomic E-state index is -5.81. The minimum Gasteiger partial charge on any atom is -0.268 e. The molecule has 0 bridgehead atoms. The van der Waals surface area contributed by atoms with Gasteiger partial charge in [0.05, 0.1) is 0 Å². The number of hydrogen-bond donors (Lipinski definition) is 0. The summed E-state index contributed by atoms with van der Waals surface area (Å²) in [6, 6.07) is -5.19. The number of unbranched alkanes of at least 4 members (excludes halogenated alkanes) is 1. The van der Waals surface area contributed by atoms with Crippen molar-refractivity contribution >= 4 is 41.1 Å². The second-order valence-corrected chi connectivity index (χ2v) is 6.48. The molecule has 1 aliphatic rings. The highest BCUT2D eigenvalue weighted by Crippen LogP contribution is 2.46. The molecule has 0 saturated heterocycles. The van der Waals surface area contributed by atoms with E-state index in [1.165, 1.54) is 0 Å². The van der Waals surface area contributed by atoms with Crippen LogP contribution in [0.1, 0.15) is 19.8 Å². The van der Waals surface area contributed by atoms with E-state index in [9.17, 15) is 22.0 Å². The molecule has 1 aliphatic heterocycles. The third kappa shape index (κ3) is 3.51. The summed E-state index contributed by atoms with van der Waals surface area (Å²) in [5, 5.41) is 4.40. The highest BCUT2D eigenvalue weighted by atomic mass is 35.6. The van der Waals surface area contributed by atoms with Gasteiger partial charge in [0.2, 0.25) is 3.79 Å². The third-order valence-corrected chi connectivity index (χ3v) is 3.15. The molecule has 1 atom stereocenters. The highest BCUT2D eigenvalue weighted by molar-refractivity contribution is 6.68. The van der Waals surface area contributed by atoms with Gasteiger partial charge in [0.25, 0.3) is 0 Å². The second-order valence-electron chi connectivity index (χ2n) is 4.11. The maximum atomic E-state index is 13.4. The Morgan fingerprint density at radius 2 is 1.70 bits per heavy atom. The summed E-state index contributed by atoms with van der Waals surface area (Å²) in [6.07, 6.45) is -6.13. The lowest BCUT2D eigenvalue weighted by Gasteiger charge is -2.39. The first-order chi connectivity index (χ1) is 8.93. The van der Waals surface area contributed by atoms with E-state index in [4.69, 9.17) is 34.8 Å². The van der Waals surface area contributed by atoms with Crippen LogP contribution in [0.5, 0.6) is 0 Å². The van der Waals surface area contributed by atoms with Crippen molar-refractivity contribution in [3.8, 4) is 0 Å². The Morgan fingerprint density at radius 3 is 2.10 bits per heavy atom. The average molecular weight is 363 g/mol. The number of rotatable bonds is 4. The van der Waals surface area contributed by atoms with E-state index < -0.39 is 22.2 Å². The van der Waals surface area contributed by atoms with Gasteiger partial charge in [-0.2, -0.15) is 27.1 Å². The van der Waals surface area contributed by atoms with Gasteiger partial charge in [0.15, 0.2) is 6.17 Å². The fraction of sp³-hybridized carbons (Fsp3) is 0.889. The van der Waals surface area contributed by atoms with Crippen molar-refractivity contribution < 1.29 is 22.0 Å². The van der Waals surface area contributed by atoms with Crippen molar-refractivity contribution in [2.24, 2.45) is 5.10 Å². The number of alkyl halides is 8. The normalized spacial score (nSPS) is 20.9. The molecule has 1 rings (SSSR count). The first kappa shape index (κ1) is 17.8. The molecule has 3 nitrogen and oxygen atoms in total. The SMILES string of the molecule is CCCCN1N=CN(C(F)(F)C(F)(F)F)C1C(Cl)(Cl)Cl. The van der Waals surface area contributed by atoms with Gasteiger partial charge in [0.1, 0.15) is 6.34 Å². The molecule has 0 spiro atoms. The Kier molecular flexibility index (Phi) is 5.25. The molecule has 0 radical (unpaired) electrons. The zero-order chi connectivity index (χ0) is 15.8. The molecule has 0 aromatic heterocycles. The number of hydrazone groups is 1. The van der Waals surface area contributed by atoms with Crippen LogP contribution in [0.4, 0.5) is 22.0 Å². The van der Waals surface area contributed by atoms with Crippen LogP contribution in [0.3, 0.4) is 0 Å². The molecule has 20 heavy (non-hydrogen) atoms. The summed E-state index contributed by atoms with van der Waals surface area (Å²) in [4.78, 5) is -0.379. The summed E-state index contributed by atoms with van der Waals surface area (Å²) < 4.78 is 61.7. The molecule has 1 heterocycles. The molecule has 0 N–H and O–H groups in total. The van der Waals surface area contributed by atoms with Gasteiger partial charge in [-0.25, -0.2) is 0 Å². The van der Waals surface area contributed by atoms with Crippen LogP contribution in [0.25, 0.3) is 0 Å². The molecule has 1 unspecified atom stereocenters. The molecule has 0 amide bonds. The van der Waals surface area contributed by atoms with Crippen molar-refractivity contribution in [2.45, 2.75) is 41.9 Å². The highest BCUT2D eigenvalue weighted by Gasteiger charge is 2.66. The minimum absolute atomic E-state index is 0.0933. The molecule has 0 aromatic rings. The molecule has 0 saturated carbocycles. The average Bonchev–Trinajstić information content (AvgIpc) is 2.68. The van der Waals surface area contributed by atoms with Crippen LogP contribution in [0.15, 0.2) is 5.10 Å². The van der Waals surface area contributed by atoms with E-state index in [0.717, 1.165) is 5.01 Å². The van der Waals surface area contributed by atoms with Gasteiger partial charge in [0, 0.05) is 6.54 Å². The van der Waals surface area contributed by atoms with Crippen LogP contribution < -0.4 is 0 Å². The summed E-state index contributed by atoms with van der Waals surface area (Å²) in [5.41, 5.74) is 0. The first-order valence-corrected chi connectivity index (χ1v) is 6.66. The monoisotopic (exact) mass is 361 g/mol. The Bertz CT molecular complexity index is 369. The zero-order valence-electron chi connectivity index (χ0n) is 10.1. The van der Waals surface area contributed by atoms with Crippen molar-refractivity contribution in [2.75, 3.05) is 6.54 Å². The molecular weight excluding hydrogens is 351 g/mol. The summed E-state index contributed by atoms with van der Waals surface area (Å²) in [6.45, 7) is 1.90. The Morgan fingerprint density at radius 1 is 1.15 bits per heavy atom. The number of hydrogen-bond acceptors (Lipinski definition) is 3. The Hall–Kier alpha value is -0.210. The maximum absolute atomic E-state index is 13.4. The topological polar surface area (TPSA) is 18.8 Å². The third-order valence-electron chi connectivity index (χ3n) is 2.57. The molecule has 0 fully saturated rings. The van der Waals surface area contributed by atoms with Crippen molar-refractivity contribution in [1.29, 1.82) is 0 Å². The first-order valence-electron chi connectivity index (χ1n) is 5.53. The Balaban J connectivity index is 3.06. The van der Waals surface area contributed by atoms with Gasteiger partial charge in [-0.3, -0.25) is 9.91 Å². The van der Waals surface area contributed by atoms with Gasteiger partial charge >= 0.3 is 12.2 Å². The molecular formula is C9H11Cl3F5N3. The van der Waals surface area contributed by atoms with Crippen LogP contribution in [-0.4, -0.2) is 45.0 Å². The molecule has 0 aromatic carbocycles. The van der Waals surface area contributed by atoms with Crippen molar-refractivity contribution in [1.82, 2.24) is 9.91 Å². The van der Waals surface area contributed by atoms with Gasteiger partial charge in [-0.05, 0) is 6.42 Å². The quantitative estimate of drug-likeness (QED) is 0.424. The van der Waals surface area contributed by atoms with Crippen LogP contribution >= 0.6 is 34.8 Å². The smallest absolute Gasteiger partial charge is 0.268 e. The number of nitrogens with zero attached hydrogens (tertiary/aromatic N) is 3. The van der Waals surface area contributed by atoms with Crippen molar-refractivity contribution in [3.05, 3.63) is 0 Å². The van der Waals surface area contributed by atoms with E-state index in [-0.39, 0.29) is 11.4 Å². The fourth-order valence-corrected chi connectivity index (χ4v) is 2.24. The molecule has 0 aliphatic carbocycles. The van der Waals surface area contributed by atoms with Gasteiger partial charge < -0.3 is 0 Å². The number of halogens is 8. The van der Waals surface area contributed by atoms with E-state index in [1.54, 1.807) is 0 Å². The van der Waals surface area contributed by atoms with Crippen LogP contribution in [0.2, 0.25) is 0 Å². The second kappa shape index (κ2) is 5.88. The predicted molar refractivity (Wildman–Crippen MR) is 67.0 cm³/mol. The predicted octanol–water partition coefficient (Wildman–Crippen LogP) is 4.20. The van der Waals surface area contributed by atoms with E-state index >= 15 is 0 Å². The van der Waals surface area contributed by atoms with Crippen LogP contribution in [-0.2, 0) is 0 Å². The van der Waals surface area contributed by atoms with E-state index in [0.29, 0.717) is 19.2 Å². The Labute approximate surface area is 127 Å². The lowest BCUT2D eigenvalue weighted by molar-refractivity contribution is -0.333. The summed E-state index contributed by atoms with van der Waals surface area (Å²) in [7, 11) is 0. The fourth-order valence-electron chi connectivity index (χ4n) is 1.59. The standard InChI is InChI=1S/C9H11Cl3F5N3/c1-2-3-4-20-6(7(10,11)12)19(5-18-20)9(16,17)8(13,14)15/h5-6H,2-4H2,1H3. The van der Waals surface area contributed by atoms with E-state index in [2.05, 4.69) is 5.10 Å². The summed E-state index contributed by atoms with van der Waals surface area (Å²) in [5.74, 6) is 0. The summed E-state index contributed by atoms with van der Waals surface area (Å²) >= 11 is 16.6. The van der Waals surface area contributed by atoms with Gasteiger partial charge in [-0.15, -0.1) is 0 Å². The maximum Gasteiger partial charge on any atom is 0.475 e. The van der Waals surface area contributed by atoms with Crippen LogP contribution in [0, 0.1) is 0 Å². The zero-order valence-corrected chi connectivity index (χ0v) is 12.4. The van der Waals surface area contributed by atoms with Gasteiger partial charge in [-0.1, -0.05) is 48.1 Å². The molecule has 118 valence electrons. The largest absolute Gasteiger partial charge is 0.475 e. The van der Waals surface area contributed by atoms with E-state index in [1.807, 2.05) is 6.92 Å². The van der Waals surface area contributed by atoms with Crippen molar-refractivity contribution in [3.63, 3.8) is 0 Å². The lowest BCUT2D eigenvalue weighted by Crippen LogP contribution is -2.60. The molecule has 11 heteroatoms.